The fourth-order valence-electron chi connectivity index (χ4n) is 0.997. The summed E-state index contributed by atoms with van der Waals surface area (Å²) < 4.78 is 6.41. The molecule has 1 fully saturated rings. The molecule has 0 spiro atoms. The van der Waals surface area contributed by atoms with E-state index in [1.54, 1.807) is 6.20 Å². The van der Waals surface area contributed by atoms with Gasteiger partial charge in [-0.05, 0) is 40.8 Å². The van der Waals surface area contributed by atoms with E-state index in [2.05, 4.69) is 20.9 Å². The molecule has 0 aromatic carbocycles. The zero-order chi connectivity index (χ0) is 9.26. The first-order chi connectivity index (χ1) is 6.25. The zero-order valence-corrected chi connectivity index (χ0v) is 9.31. The van der Waals surface area contributed by atoms with Crippen LogP contribution in [0.1, 0.15) is 12.8 Å². The first-order valence-corrected chi connectivity index (χ1v) is 5.36. The Labute approximate surface area is 90.4 Å². The number of hydrogen-bond acceptors (Lipinski definition) is 2. The van der Waals surface area contributed by atoms with Gasteiger partial charge in [-0.25, -0.2) is 4.98 Å². The number of nitrogens with zero attached hydrogens (tertiary/aromatic N) is 1. The summed E-state index contributed by atoms with van der Waals surface area (Å²) in [5.74, 6) is 1.40. The lowest BCUT2D eigenvalue weighted by atomic mass is 10.4. The predicted molar refractivity (Wildman–Crippen MR) is 55.2 cm³/mol. The van der Waals surface area contributed by atoms with Crippen LogP contribution >= 0.6 is 27.5 Å². The van der Waals surface area contributed by atoms with Gasteiger partial charge < -0.3 is 4.74 Å². The summed E-state index contributed by atoms with van der Waals surface area (Å²) in [5.41, 5.74) is 0. The molecule has 4 heteroatoms. The Morgan fingerprint density at radius 3 is 3.08 bits per heavy atom. The number of hydrogen-bond donors (Lipinski definition) is 0. The Bertz CT molecular complexity index is 314. The molecule has 0 radical (unpaired) electrons. The molecule has 2 nitrogen and oxygen atoms in total. The second kappa shape index (κ2) is 3.84. The van der Waals surface area contributed by atoms with Crippen LogP contribution in [-0.4, -0.2) is 11.6 Å². The van der Waals surface area contributed by atoms with Crippen molar-refractivity contribution >= 4 is 27.5 Å². The molecule has 0 atom stereocenters. The van der Waals surface area contributed by atoms with E-state index in [1.807, 2.05) is 6.07 Å². The van der Waals surface area contributed by atoms with Crippen LogP contribution in [0.15, 0.2) is 16.7 Å². The Morgan fingerprint density at radius 1 is 1.62 bits per heavy atom. The van der Waals surface area contributed by atoms with Crippen molar-refractivity contribution in [3.8, 4) is 5.75 Å². The molecule has 1 aliphatic carbocycles. The minimum Gasteiger partial charge on any atom is -0.490 e. The van der Waals surface area contributed by atoms with Crippen molar-refractivity contribution in [1.82, 2.24) is 4.98 Å². The van der Waals surface area contributed by atoms with Crippen LogP contribution in [0.25, 0.3) is 0 Å². The number of rotatable bonds is 3. The SMILES string of the molecule is Clc1ncc(Br)cc1OCC1CC1. The molecule has 1 aromatic rings. The Balaban J connectivity index is 2.03. The third-order valence-electron chi connectivity index (χ3n) is 1.94. The van der Waals surface area contributed by atoms with Crippen molar-refractivity contribution in [2.24, 2.45) is 5.92 Å². The highest BCUT2D eigenvalue weighted by Crippen LogP contribution is 2.31. The van der Waals surface area contributed by atoms with Gasteiger partial charge in [0, 0.05) is 10.7 Å². The predicted octanol–water partition coefficient (Wildman–Crippen LogP) is 3.29. The first-order valence-electron chi connectivity index (χ1n) is 4.19. The Morgan fingerprint density at radius 2 is 2.38 bits per heavy atom. The standard InChI is InChI=1S/C9H9BrClNO/c10-7-3-8(9(11)12-4-7)13-5-6-1-2-6/h3-4,6H,1-2,5H2. The van der Waals surface area contributed by atoms with E-state index >= 15 is 0 Å². The Hall–Kier alpha value is -0.280. The summed E-state index contributed by atoms with van der Waals surface area (Å²) in [5, 5.41) is 0.434. The van der Waals surface area contributed by atoms with Gasteiger partial charge in [-0.15, -0.1) is 0 Å². The average Bonchev–Trinajstić information content (AvgIpc) is 2.90. The normalized spacial score (nSPS) is 15.8. The lowest BCUT2D eigenvalue weighted by molar-refractivity contribution is 0.298. The number of aromatic nitrogens is 1. The summed E-state index contributed by atoms with van der Waals surface area (Å²) in [4.78, 5) is 3.97. The molecule has 1 saturated carbocycles. The topological polar surface area (TPSA) is 22.1 Å². The highest BCUT2D eigenvalue weighted by molar-refractivity contribution is 9.10. The maximum Gasteiger partial charge on any atom is 0.171 e. The molecule has 13 heavy (non-hydrogen) atoms. The lowest BCUT2D eigenvalue weighted by Gasteiger charge is -2.06. The molecular weight excluding hydrogens is 253 g/mol. The molecule has 1 aliphatic rings. The van der Waals surface area contributed by atoms with Crippen LogP contribution in [0.4, 0.5) is 0 Å². The number of ether oxygens (including phenoxy) is 1. The van der Waals surface area contributed by atoms with Gasteiger partial charge in [-0.3, -0.25) is 0 Å². The van der Waals surface area contributed by atoms with E-state index in [0.29, 0.717) is 10.9 Å². The minimum atomic E-state index is 0.434. The summed E-state index contributed by atoms with van der Waals surface area (Å²) in [6.45, 7) is 0.762. The molecule has 0 amide bonds. The van der Waals surface area contributed by atoms with Crippen LogP contribution in [0.3, 0.4) is 0 Å². The van der Waals surface area contributed by atoms with Crippen molar-refractivity contribution in [2.45, 2.75) is 12.8 Å². The van der Waals surface area contributed by atoms with Gasteiger partial charge in [-0.2, -0.15) is 0 Å². The van der Waals surface area contributed by atoms with Crippen molar-refractivity contribution in [3.05, 3.63) is 21.9 Å². The number of halogens is 2. The smallest absolute Gasteiger partial charge is 0.171 e. The maximum atomic E-state index is 5.84. The third-order valence-corrected chi connectivity index (χ3v) is 2.66. The molecule has 0 aliphatic heterocycles. The molecule has 1 heterocycles. The van der Waals surface area contributed by atoms with Gasteiger partial charge >= 0.3 is 0 Å². The Kier molecular flexibility index (Phi) is 2.74. The van der Waals surface area contributed by atoms with Gasteiger partial charge in [0.25, 0.3) is 0 Å². The van der Waals surface area contributed by atoms with Gasteiger partial charge in [0.15, 0.2) is 10.9 Å². The quantitative estimate of drug-likeness (QED) is 0.780. The van der Waals surface area contributed by atoms with Crippen LogP contribution in [0, 0.1) is 5.92 Å². The molecule has 2 rings (SSSR count). The van der Waals surface area contributed by atoms with Crippen molar-refractivity contribution < 1.29 is 4.74 Å². The van der Waals surface area contributed by atoms with Crippen LogP contribution < -0.4 is 4.74 Å². The molecular formula is C9H9BrClNO. The third kappa shape index (κ3) is 2.58. The largest absolute Gasteiger partial charge is 0.490 e. The first kappa shape index (κ1) is 9.28. The second-order valence-corrected chi connectivity index (χ2v) is 4.47. The van der Waals surface area contributed by atoms with E-state index < -0.39 is 0 Å². The summed E-state index contributed by atoms with van der Waals surface area (Å²) in [6.07, 6.45) is 4.21. The minimum absolute atomic E-state index is 0.434. The highest BCUT2D eigenvalue weighted by atomic mass is 79.9. The van der Waals surface area contributed by atoms with Gasteiger partial charge in [0.1, 0.15) is 0 Å². The molecule has 0 bridgehead atoms. The molecule has 70 valence electrons. The average molecular weight is 263 g/mol. The fraction of sp³-hybridized carbons (Fsp3) is 0.444. The molecule has 1 aromatic heterocycles. The van der Waals surface area contributed by atoms with Crippen molar-refractivity contribution in [3.63, 3.8) is 0 Å². The lowest BCUT2D eigenvalue weighted by Crippen LogP contribution is -1.99. The van der Waals surface area contributed by atoms with Gasteiger partial charge in [0.2, 0.25) is 0 Å². The van der Waals surface area contributed by atoms with Crippen LogP contribution in [0.2, 0.25) is 5.15 Å². The monoisotopic (exact) mass is 261 g/mol. The molecule has 0 saturated heterocycles. The van der Waals surface area contributed by atoms with Crippen LogP contribution in [-0.2, 0) is 0 Å². The molecule has 0 unspecified atom stereocenters. The summed E-state index contributed by atoms with van der Waals surface area (Å²) in [7, 11) is 0. The van der Waals surface area contributed by atoms with E-state index in [1.165, 1.54) is 12.8 Å². The van der Waals surface area contributed by atoms with Crippen LogP contribution in [0.5, 0.6) is 5.75 Å². The van der Waals surface area contributed by atoms with E-state index in [9.17, 15) is 0 Å². The summed E-state index contributed by atoms with van der Waals surface area (Å²) in [6, 6.07) is 1.84. The second-order valence-electron chi connectivity index (χ2n) is 3.20. The van der Waals surface area contributed by atoms with E-state index in [0.717, 1.165) is 17.0 Å². The maximum absolute atomic E-state index is 5.84. The van der Waals surface area contributed by atoms with Gasteiger partial charge in [-0.1, -0.05) is 11.6 Å². The van der Waals surface area contributed by atoms with Crippen molar-refractivity contribution in [1.29, 1.82) is 0 Å². The van der Waals surface area contributed by atoms with E-state index in [-0.39, 0.29) is 0 Å². The van der Waals surface area contributed by atoms with Crippen molar-refractivity contribution in [2.75, 3.05) is 6.61 Å². The highest BCUT2D eigenvalue weighted by Gasteiger charge is 2.22. The molecule has 0 N–H and O–H groups in total. The summed E-state index contributed by atoms with van der Waals surface area (Å²) >= 11 is 9.16. The van der Waals surface area contributed by atoms with E-state index in [4.69, 9.17) is 16.3 Å². The van der Waals surface area contributed by atoms with Gasteiger partial charge in [0.05, 0.1) is 6.61 Å². The number of pyridine rings is 1. The fourth-order valence-corrected chi connectivity index (χ4v) is 1.47. The zero-order valence-electron chi connectivity index (χ0n) is 6.96.